The van der Waals surface area contributed by atoms with Gasteiger partial charge in [-0.2, -0.15) is 10.2 Å². The molecule has 0 radical (unpaired) electrons. The Kier molecular flexibility index (Phi) is 3.69. The van der Waals surface area contributed by atoms with E-state index in [9.17, 15) is 4.79 Å². The lowest BCUT2D eigenvalue weighted by Crippen LogP contribution is -2.23. The average Bonchev–Trinajstić information content (AvgIpc) is 2.93. The maximum Gasteiger partial charge on any atom is 0.255 e. The topological polar surface area (TPSA) is 64.7 Å². The molecule has 6 heteroatoms. The molecule has 0 aliphatic heterocycles. The van der Waals surface area contributed by atoms with Gasteiger partial charge in [0.1, 0.15) is 0 Å². The molecule has 0 bridgehead atoms. The Labute approximate surface area is 112 Å². The number of hydrogen-bond acceptors (Lipinski definition) is 3. The number of hydrogen-bond donors (Lipinski definition) is 1. The van der Waals surface area contributed by atoms with E-state index in [0.29, 0.717) is 12.1 Å². The first-order valence-corrected chi connectivity index (χ1v) is 6.32. The van der Waals surface area contributed by atoms with Crippen molar-refractivity contribution in [2.45, 2.75) is 33.9 Å². The second-order valence-corrected chi connectivity index (χ2v) is 4.56. The SMILES string of the molecule is CCn1cc(CNC(=O)c2c(C)nn(C)c2C)cn1. The van der Waals surface area contributed by atoms with Crippen LogP contribution in [0.3, 0.4) is 0 Å². The Morgan fingerprint density at radius 3 is 2.68 bits per heavy atom. The highest BCUT2D eigenvalue weighted by molar-refractivity contribution is 5.96. The Morgan fingerprint density at radius 2 is 2.16 bits per heavy atom. The third kappa shape index (κ3) is 2.67. The fourth-order valence-electron chi connectivity index (χ4n) is 2.04. The lowest BCUT2D eigenvalue weighted by molar-refractivity contribution is 0.0949. The number of amides is 1. The monoisotopic (exact) mass is 261 g/mol. The van der Waals surface area contributed by atoms with E-state index >= 15 is 0 Å². The summed E-state index contributed by atoms with van der Waals surface area (Å²) in [5.41, 5.74) is 3.28. The van der Waals surface area contributed by atoms with Crippen LogP contribution in [0.25, 0.3) is 0 Å². The van der Waals surface area contributed by atoms with Crippen molar-refractivity contribution in [3.05, 3.63) is 34.9 Å². The van der Waals surface area contributed by atoms with Crippen molar-refractivity contribution in [2.24, 2.45) is 7.05 Å². The minimum Gasteiger partial charge on any atom is -0.348 e. The van der Waals surface area contributed by atoms with E-state index in [2.05, 4.69) is 15.5 Å². The largest absolute Gasteiger partial charge is 0.348 e. The molecule has 2 heterocycles. The molecule has 2 aromatic heterocycles. The highest BCUT2D eigenvalue weighted by Crippen LogP contribution is 2.11. The molecule has 0 saturated heterocycles. The van der Waals surface area contributed by atoms with Gasteiger partial charge in [-0.15, -0.1) is 0 Å². The first kappa shape index (κ1) is 13.3. The molecule has 0 aliphatic rings. The molecule has 0 aromatic carbocycles. The molecule has 1 N–H and O–H groups in total. The molecule has 2 aromatic rings. The van der Waals surface area contributed by atoms with E-state index in [1.165, 1.54) is 0 Å². The van der Waals surface area contributed by atoms with E-state index < -0.39 is 0 Å². The van der Waals surface area contributed by atoms with Crippen molar-refractivity contribution in [3.63, 3.8) is 0 Å². The van der Waals surface area contributed by atoms with Crippen LogP contribution in [0, 0.1) is 13.8 Å². The zero-order valence-electron chi connectivity index (χ0n) is 11.8. The molecule has 6 nitrogen and oxygen atoms in total. The van der Waals surface area contributed by atoms with E-state index in [4.69, 9.17) is 0 Å². The van der Waals surface area contributed by atoms with E-state index in [-0.39, 0.29) is 5.91 Å². The lowest BCUT2D eigenvalue weighted by atomic mass is 10.2. The molecule has 0 atom stereocenters. The van der Waals surface area contributed by atoms with Crippen LogP contribution >= 0.6 is 0 Å². The van der Waals surface area contributed by atoms with Crippen LogP contribution in [-0.2, 0) is 20.1 Å². The first-order chi connectivity index (χ1) is 9.02. The standard InChI is InChI=1S/C13H19N5O/c1-5-18-8-11(7-15-18)6-14-13(19)12-9(2)16-17(4)10(12)3/h7-8H,5-6H2,1-4H3,(H,14,19). The predicted octanol–water partition coefficient (Wildman–Crippen LogP) is 1.18. The van der Waals surface area contributed by atoms with E-state index in [0.717, 1.165) is 23.5 Å². The normalized spacial score (nSPS) is 10.7. The van der Waals surface area contributed by atoms with Gasteiger partial charge >= 0.3 is 0 Å². The second-order valence-electron chi connectivity index (χ2n) is 4.56. The van der Waals surface area contributed by atoms with Gasteiger partial charge < -0.3 is 5.32 Å². The Hall–Kier alpha value is -2.11. The van der Waals surface area contributed by atoms with Gasteiger partial charge in [0.2, 0.25) is 0 Å². The van der Waals surface area contributed by atoms with Crippen LogP contribution in [0.15, 0.2) is 12.4 Å². The van der Waals surface area contributed by atoms with Crippen molar-refractivity contribution in [3.8, 4) is 0 Å². The summed E-state index contributed by atoms with van der Waals surface area (Å²) in [5.74, 6) is -0.0904. The molecule has 1 amide bonds. The summed E-state index contributed by atoms with van der Waals surface area (Å²) in [5, 5.41) is 11.3. The average molecular weight is 261 g/mol. The van der Waals surface area contributed by atoms with Crippen LogP contribution in [0.2, 0.25) is 0 Å². The number of nitrogens with zero attached hydrogens (tertiary/aromatic N) is 4. The van der Waals surface area contributed by atoms with Gasteiger partial charge in [-0.25, -0.2) is 0 Å². The zero-order valence-corrected chi connectivity index (χ0v) is 11.8. The molecule has 0 spiro atoms. The van der Waals surface area contributed by atoms with Gasteiger partial charge in [0.05, 0.1) is 17.5 Å². The maximum absolute atomic E-state index is 12.2. The van der Waals surface area contributed by atoms with Gasteiger partial charge in [-0.3, -0.25) is 14.2 Å². The second kappa shape index (κ2) is 5.26. The predicted molar refractivity (Wildman–Crippen MR) is 71.8 cm³/mol. The van der Waals surface area contributed by atoms with Crippen LogP contribution in [0.5, 0.6) is 0 Å². The van der Waals surface area contributed by atoms with E-state index in [1.54, 1.807) is 10.9 Å². The number of carbonyl (C=O) groups excluding carboxylic acids is 1. The minimum absolute atomic E-state index is 0.0904. The fourth-order valence-corrected chi connectivity index (χ4v) is 2.04. The highest BCUT2D eigenvalue weighted by Gasteiger charge is 2.16. The summed E-state index contributed by atoms with van der Waals surface area (Å²) < 4.78 is 3.56. The summed E-state index contributed by atoms with van der Waals surface area (Å²) in [6, 6.07) is 0. The van der Waals surface area contributed by atoms with Crippen molar-refractivity contribution in [1.29, 1.82) is 0 Å². The molecule has 0 unspecified atom stereocenters. The van der Waals surface area contributed by atoms with Crippen molar-refractivity contribution >= 4 is 5.91 Å². The first-order valence-electron chi connectivity index (χ1n) is 6.32. The van der Waals surface area contributed by atoms with Crippen LogP contribution in [-0.4, -0.2) is 25.5 Å². The lowest BCUT2D eigenvalue weighted by Gasteiger charge is -2.04. The van der Waals surface area contributed by atoms with Crippen molar-refractivity contribution in [2.75, 3.05) is 0 Å². The van der Waals surface area contributed by atoms with Gasteiger partial charge in [-0.1, -0.05) is 0 Å². The quantitative estimate of drug-likeness (QED) is 0.899. The molecule has 0 aliphatic carbocycles. The van der Waals surface area contributed by atoms with Gasteiger partial charge in [0, 0.05) is 37.6 Å². The zero-order chi connectivity index (χ0) is 14.0. The molecule has 0 fully saturated rings. The van der Waals surface area contributed by atoms with Crippen LogP contribution in [0.4, 0.5) is 0 Å². The minimum atomic E-state index is -0.0904. The van der Waals surface area contributed by atoms with Gasteiger partial charge in [-0.05, 0) is 20.8 Å². The molecule has 0 saturated carbocycles. The van der Waals surface area contributed by atoms with E-state index in [1.807, 2.05) is 38.7 Å². The number of rotatable bonds is 4. The summed E-state index contributed by atoms with van der Waals surface area (Å²) in [7, 11) is 1.84. The maximum atomic E-state index is 12.2. The Balaban J connectivity index is 2.05. The number of nitrogens with one attached hydrogen (secondary N) is 1. The summed E-state index contributed by atoms with van der Waals surface area (Å²) >= 11 is 0. The summed E-state index contributed by atoms with van der Waals surface area (Å²) in [6.45, 7) is 7.07. The smallest absolute Gasteiger partial charge is 0.255 e. The van der Waals surface area contributed by atoms with Gasteiger partial charge in [0.15, 0.2) is 0 Å². The highest BCUT2D eigenvalue weighted by atomic mass is 16.1. The molecule has 2 rings (SSSR count). The molecular weight excluding hydrogens is 242 g/mol. The molecule has 19 heavy (non-hydrogen) atoms. The number of aryl methyl sites for hydroxylation is 3. The fraction of sp³-hybridized carbons (Fsp3) is 0.462. The van der Waals surface area contributed by atoms with Crippen molar-refractivity contribution < 1.29 is 4.79 Å². The molecule has 102 valence electrons. The summed E-state index contributed by atoms with van der Waals surface area (Å²) in [6.07, 6.45) is 3.70. The van der Waals surface area contributed by atoms with Crippen molar-refractivity contribution in [1.82, 2.24) is 24.9 Å². The van der Waals surface area contributed by atoms with Gasteiger partial charge in [0.25, 0.3) is 5.91 Å². The third-order valence-corrected chi connectivity index (χ3v) is 3.20. The van der Waals surface area contributed by atoms with Crippen LogP contribution < -0.4 is 5.32 Å². The Morgan fingerprint density at radius 1 is 1.42 bits per heavy atom. The van der Waals surface area contributed by atoms with Crippen LogP contribution in [0.1, 0.15) is 34.2 Å². The number of carbonyl (C=O) groups is 1. The molecular formula is C13H19N5O. The Bertz CT molecular complexity index is 596. The number of aromatic nitrogens is 4. The third-order valence-electron chi connectivity index (χ3n) is 3.20. The summed E-state index contributed by atoms with van der Waals surface area (Å²) in [4.78, 5) is 12.2.